The van der Waals surface area contributed by atoms with Gasteiger partial charge in [-0.05, 0) is 82.7 Å². The molecule has 2 atom stereocenters. The van der Waals surface area contributed by atoms with Crippen LogP contribution in [0.15, 0.2) is 67.0 Å². The van der Waals surface area contributed by atoms with Crippen molar-refractivity contribution in [2.24, 2.45) is 0 Å². The summed E-state index contributed by atoms with van der Waals surface area (Å²) in [7, 11) is 1.60. The Balaban J connectivity index is 1.42. The van der Waals surface area contributed by atoms with Crippen LogP contribution >= 0.6 is 11.9 Å². The molecule has 4 amide bonds. The minimum Gasteiger partial charge on any atom is -0.497 e. The molecule has 0 aliphatic carbocycles. The molecule has 14 heteroatoms. The zero-order chi connectivity index (χ0) is 36.3. The molecule has 50 heavy (non-hydrogen) atoms. The first kappa shape index (κ1) is 38.2. The maximum Gasteiger partial charge on any atom is 0.408 e. The normalized spacial score (nSPS) is 14.4. The Kier molecular flexibility index (Phi) is 13.3. The van der Waals surface area contributed by atoms with Gasteiger partial charge >= 0.3 is 6.09 Å². The molecule has 0 bridgehead atoms. The van der Waals surface area contributed by atoms with E-state index in [9.17, 15) is 19.2 Å². The Bertz CT molecular complexity index is 1580. The summed E-state index contributed by atoms with van der Waals surface area (Å²) in [6.45, 7) is 9.76. The Hall–Kier alpha value is -4.56. The highest BCUT2D eigenvalue weighted by molar-refractivity contribution is 7.97. The van der Waals surface area contributed by atoms with Gasteiger partial charge in [-0.2, -0.15) is 5.10 Å². The van der Waals surface area contributed by atoms with E-state index in [0.29, 0.717) is 17.2 Å². The summed E-state index contributed by atoms with van der Waals surface area (Å²) in [6, 6.07) is 15.8. The van der Waals surface area contributed by atoms with E-state index in [2.05, 4.69) is 21.0 Å². The van der Waals surface area contributed by atoms with Crippen molar-refractivity contribution in [3.63, 3.8) is 0 Å². The van der Waals surface area contributed by atoms with Gasteiger partial charge in [0, 0.05) is 18.8 Å². The van der Waals surface area contributed by atoms with Gasteiger partial charge in [-0.3, -0.25) is 14.4 Å². The Morgan fingerprint density at radius 2 is 1.64 bits per heavy atom. The van der Waals surface area contributed by atoms with Crippen LogP contribution in [0.5, 0.6) is 5.75 Å². The number of carbonyl (C=O) groups excluding carboxylic acids is 4. The van der Waals surface area contributed by atoms with Crippen LogP contribution in [-0.2, 0) is 30.5 Å². The molecule has 13 nitrogen and oxygen atoms in total. The van der Waals surface area contributed by atoms with Crippen LogP contribution in [-0.4, -0.2) is 87.6 Å². The van der Waals surface area contributed by atoms with Crippen molar-refractivity contribution >= 4 is 41.5 Å². The number of nitrogens with one attached hydrogen (secondary N) is 3. The molecule has 270 valence electrons. The molecule has 1 aliphatic rings. The molecule has 1 saturated heterocycles. The smallest absolute Gasteiger partial charge is 0.408 e. The van der Waals surface area contributed by atoms with E-state index in [1.165, 1.54) is 32.0 Å². The summed E-state index contributed by atoms with van der Waals surface area (Å²) in [5.74, 6) is -0.342. The van der Waals surface area contributed by atoms with Gasteiger partial charge in [-0.15, -0.1) is 0 Å². The van der Waals surface area contributed by atoms with Crippen LogP contribution in [0.1, 0.15) is 64.5 Å². The van der Waals surface area contributed by atoms with Crippen LogP contribution < -0.4 is 20.7 Å². The van der Waals surface area contributed by atoms with Gasteiger partial charge in [-0.25, -0.2) is 8.88 Å². The fourth-order valence-electron chi connectivity index (χ4n) is 5.13. The number of amides is 4. The number of ether oxygens (including phenoxy) is 3. The number of carbonyl (C=O) groups is 4. The maximum absolute atomic E-state index is 13.6. The third-order valence-electron chi connectivity index (χ3n) is 7.83. The van der Waals surface area contributed by atoms with E-state index in [4.69, 9.17) is 14.2 Å². The lowest BCUT2D eigenvalue weighted by molar-refractivity contribution is -0.131. The summed E-state index contributed by atoms with van der Waals surface area (Å²) < 4.78 is 18.0. The highest BCUT2D eigenvalue weighted by Gasteiger charge is 2.35. The van der Waals surface area contributed by atoms with Crippen LogP contribution in [0.2, 0.25) is 0 Å². The molecule has 3 aromatic rings. The topological polar surface area (TPSA) is 153 Å². The van der Waals surface area contributed by atoms with Crippen LogP contribution in [0.3, 0.4) is 0 Å². The lowest BCUT2D eigenvalue weighted by atomic mass is 9.99. The number of hydrogen-bond donors (Lipinski definition) is 3. The predicted octanol–water partition coefficient (Wildman–Crippen LogP) is 4.74. The molecule has 1 unspecified atom stereocenters. The predicted molar refractivity (Wildman–Crippen MR) is 192 cm³/mol. The van der Waals surface area contributed by atoms with Gasteiger partial charge in [0.05, 0.1) is 44.3 Å². The van der Waals surface area contributed by atoms with E-state index in [1.54, 1.807) is 38.2 Å². The highest BCUT2D eigenvalue weighted by atomic mass is 32.2. The fourth-order valence-corrected chi connectivity index (χ4v) is 6.07. The minimum absolute atomic E-state index is 0.0685. The zero-order valence-electron chi connectivity index (χ0n) is 29.6. The van der Waals surface area contributed by atoms with Crippen molar-refractivity contribution in [1.82, 2.24) is 24.7 Å². The Labute approximate surface area is 297 Å². The number of likely N-dealkylation sites (tertiary alicyclic amines) is 1. The second-order valence-electron chi connectivity index (χ2n) is 13.6. The fraction of sp³-hybridized carbons (Fsp3) is 0.472. The number of benzene rings is 2. The average molecular weight is 709 g/mol. The van der Waals surface area contributed by atoms with Crippen molar-refractivity contribution in [1.29, 1.82) is 0 Å². The summed E-state index contributed by atoms with van der Waals surface area (Å²) in [5, 5.41) is 12.5. The first-order valence-corrected chi connectivity index (χ1v) is 17.5. The van der Waals surface area contributed by atoms with Gasteiger partial charge in [-0.1, -0.05) is 42.5 Å². The number of anilines is 1. The van der Waals surface area contributed by atoms with Gasteiger partial charge in [0.25, 0.3) is 0 Å². The lowest BCUT2D eigenvalue weighted by Gasteiger charge is -2.29. The molecule has 1 fully saturated rings. The van der Waals surface area contributed by atoms with E-state index in [-0.39, 0.29) is 19.1 Å². The second-order valence-corrected chi connectivity index (χ2v) is 14.5. The third-order valence-corrected chi connectivity index (χ3v) is 8.78. The largest absolute Gasteiger partial charge is 0.497 e. The number of rotatable bonds is 15. The van der Waals surface area contributed by atoms with Gasteiger partial charge in [0.1, 0.15) is 22.9 Å². The molecule has 3 N–H and O–H groups in total. The number of hydrogen-bond acceptors (Lipinski definition) is 9. The Morgan fingerprint density at radius 1 is 0.960 bits per heavy atom. The molecular formula is C36H48N6O7S. The molecule has 2 aromatic carbocycles. The molecule has 0 radical (unpaired) electrons. The molecule has 1 aliphatic heterocycles. The third kappa shape index (κ3) is 11.5. The molecule has 4 rings (SSSR count). The first-order valence-electron chi connectivity index (χ1n) is 16.6. The standard InChI is InChI=1S/C36H48N6O7S/c1-35(2,3)49-34(46)40-36(4,5)33(45)39-30(23-48-22-25-12-8-7-9-13-25)31(43)38-27-20-37-42(21-27)50-24-29(32(44)41-18-10-11-19-41)26-14-16-28(47-6)17-15-26/h7-9,12-17,20-21,29-30H,10-11,18-19,22-24H2,1-6H3,(H,38,43)(H,39,45)(H,40,46)/t29?,30-/m1/s1. The molecule has 0 saturated carbocycles. The van der Waals surface area contributed by atoms with Crippen LogP contribution in [0, 0.1) is 0 Å². The SMILES string of the molecule is COc1ccc(C(CSn2cc(NC(=O)[C@@H](COCc3ccccc3)NC(=O)C(C)(C)NC(=O)OC(C)(C)C)cn2)C(=O)N2CCCC2)cc1. The van der Waals surface area contributed by atoms with E-state index < -0.39 is 41.0 Å². The molecule has 0 spiro atoms. The van der Waals surface area contributed by atoms with Gasteiger partial charge < -0.3 is 35.1 Å². The summed E-state index contributed by atoms with van der Waals surface area (Å²) >= 11 is 1.34. The highest BCUT2D eigenvalue weighted by Crippen LogP contribution is 2.28. The molecule has 2 heterocycles. The molecule has 1 aromatic heterocycles. The molecular weight excluding hydrogens is 660 g/mol. The first-order chi connectivity index (χ1) is 23.7. The van der Waals surface area contributed by atoms with Crippen molar-refractivity contribution in [3.8, 4) is 5.75 Å². The van der Waals surface area contributed by atoms with Crippen molar-refractivity contribution in [2.45, 2.75) is 77.2 Å². The van der Waals surface area contributed by atoms with Crippen LogP contribution in [0.4, 0.5) is 10.5 Å². The van der Waals surface area contributed by atoms with Crippen LogP contribution in [0.25, 0.3) is 0 Å². The quantitative estimate of drug-likeness (QED) is 0.203. The summed E-state index contributed by atoms with van der Waals surface area (Å²) in [4.78, 5) is 54.8. The van der Waals surface area contributed by atoms with Crippen molar-refractivity contribution in [3.05, 3.63) is 78.1 Å². The van der Waals surface area contributed by atoms with E-state index in [0.717, 1.165) is 37.1 Å². The lowest BCUT2D eigenvalue weighted by Crippen LogP contribution is -2.59. The van der Waals surface area contributed by atoms with Gasteiger partial charge in [0.15, 0.2) is 0 Å². The zero-order valence-corrected chi connectivity index (χ0v) is 30.4. The Morgan fingerprint density at radius 3 is 2.28 bits per heavy atom. The maximum atomic E-state index is 13.6. The van der Waals surface area contributed by atoms with Crippen molar-refractivity contribution in [2.75, 3.05) is 37.9 Å². The summed E-state index contributed by atoms with van der Waals surface area (Å²) in [6.07, 6.45) is 4.36. The van der Waals surface area contributed by atoms with Crippen molar-refractivity contribution < 1.29 is 33.4 Å². The second kappa shape index (κ2) is 17.4. The number of methoxy groups -OCH3 is 1. The van der Waals surface area contributed by atoms with E-state index >= 15 is 0 Å². The number of nitrogens with zero attached hydrogens (tertiary/aromatic N) is 3. The average Bonchev–Trinajstić information content (AvgIpc) is 3.77. The summed E-state index contributed by atoms with van der Waals surface area (Å²) in [5.41, 5.74) is 0.0122. The monoisotopic (exact) mass is 708 g/mol. The number of alkyl carbamates (subject to hydrolysis) is 1. The van der Waals surface area contributed by atoms with E-state index in [1.807, 2.05) is 59.5 Å². The van der Waals surface area contributed by atoms with Gasteiger partial charge in [0.2, 0.25) is 17.7 Å². The number of aromatic nitrogens is 2. The minimum atomic E-state index is -1.41.